The van der Waals surface area contributed by atoms with Crippen LogP contribution in [0.1, 0.15) is 39.9 Å². The minimum Gasteiger partial charge on any atom is -0.396 e. The summed E-state index contributed by atoms with van der Waals surface area (Å²) >= 11 is 1.64. The van der Waals surface area contributed by atoms with Gasteiger partial charge in [-0.25, -0.2) is 0 Å². The monoisotopic (exact) mass is 241 g/mol. The number of carbonyl (C=O) groups excluding carboxylic acids is 1. The number of rotatable bonds is 5. The lowest BCUT2D eigenvalue weighted by Gasteiger charge is -2.15. The van der Waals surface area contributed by atoms with Gasteiger partial charge in [-0.3, -0.25) is 4.79 Å². The zero-order valence-electron chi connectivity index (χ0n) is 10.0. The van der Waals surface area contributed by atoms with Crippen molar-refractivity contribution < 1.29 is 9.90 Å². The highest BCUT2D eigenvalue weighted by molar-refractivity contribution is 7.12. The van der Waals surface area contributed by atoms with E-state index in [1.807, 2.05) is 26.8 Å². The Morgan fingerprint density at radius 3 is 2.69 bits per heavy atom. The molecule has 0 radical (unpaired) electrons. The molecule has 0 aliphatic rings. The lowest BCUT2D eigenvalue weighted by Crippen LogP contribution is -2.35. The van der Waals surface area contributed by atoms with Crippen molar-refractivity contribution in [3.8, 4) is 0 Å². The zero-order chi connectivity index (χ0) is 12.1. The Labute approximate surface area is 100 Å². The first-order valence-corrected chi connectivity index (χ1v) is 6.38. The van der Waals surface area contributed by atoms with Crippen LogP contribution in [0.25, 0.3) is 0 Å². The quantitative estimate of drug-likeness (QED) is 0.830. The maximum absolute atomic E-state index is 11.9. The average molecular weight is 241 g/mol. The molecule has 3 nitrogen and oxygen atoms in total. The molecule has 0 fully saturated rings. The summed E-state index contributed by atoms with van der Waals surface area (Å²) < 4.78 is 0. The molecule has 4 heteroatoms. The molecule has 1 atom stereocenters. The first-order chi connectivity index (χ1) is 7.58. The highest BCUT2D eigenvalue weighted by Gasteiger charge is 2.15. The molecule has 0 spiro atoms. The summed E-state index contributed by atoms with van der Waals surface area (Å²) in [4.78, 5) is 14.1. The van der Waals surface area contributed by atoms with E-state index in [-0.39, 0.29) is 18.6 Å². The van der Waals surface area contributed by atoms with Gasteiger partial charge in [0.15, 0.2) is 0 Å². The second-order valence-corrected chi connectivity index (χ2v) is 5.38. The standard InChI is InChI=1S/C12H19NO2S/c1-4-10(5-6-14)13-12(15)11-7-8(2)16-9(11)3/h7,10,14H,4-6H2,1-3H3,(H,13,15). The van der Waals surface area contributed by atoms with Crippen LogP contribution in [0.4, 0.5) is 0 Å². The summed E-state index contributed by atoms with van der Waals surface area (Å²) in [5, 5.41) is 11.8. The molecule has 90 valence electrons. The van der Waals surface area contributed by atoms with Crippen LogP contribution in [0.2, 0.25) is 0 Å². The fraction of sp³-hybridized carbons (Fsp3) is 0.583. The van der Waals surface area contributed by atoms with E-state index in [1.54, 1.807) is 11.3 Å². The van der Waals surface area contributed by atoms with Gasteiger partial charge >= 0.3 is 0 Å². The van der Waals surface area contributed by atoms with E-state index in [4.69, 9.17) is 5.11 Å². The average Bonchev–Trinajstić information content (AvgIpc) is 2.57. The van der Waals surface area contributed by atoms with Crippen LogP contribution in [0.5, 0.6) is 0 Å². The smallest absolute Gasteiger partial charge is 0.252 e. The Hall–Kier alpha value is -0.870. The third kappa shape index (κ3) is 3.32. The van der Waals surface area contributed by atoms with E-state index in [0.717, 1.165) is 21.7 Å². The van der Waals surface area contributed by atoms with Gasteiger partial charge in [-0.15, -0.1) is 11.3 Å². The molecular formula is C12H19NO2S. The predicted octanol–water partition coefficient (Wildman–Crippen LogP) is 2.26. The lowest BCUT2D eigenvalue weighted by atomic mass is 10.1. The SMILES string of the molecule is CCC(CCO)NC(=O)c1cc(C)sc1C. The van der Waals surface area contributed by atoms with E-state index in [9.17, 15) is 4.79 Å². The largest absolute Gasteiger partial charge is 0.396 e. The number of aliphatic hydroxyl groups is 1. The van der Waals surface area contributed by atoms with Crippen molar-refractivity contribution in [3.05, 3.63) is 21.4 Å². The van der Waals surface area contributed by atoms with Gasteiger partial charge in [-0.1, -0.05) is 6.92 Å². The van der Waals surface area contributed by atoms with Crippen LogP contribution in [0.3, 0.4) is 0 Å². The summed E-state index contributed by atoms with van der Waals surface area (Å²) in [6.45, 7) is 6.08. The molecule has 1 rings (SSSR count). The molecular weight excluding hydrogens is 222 g/mol. The van der Waals surface area contributed by atoms with E-state index >= 15 is 0 Å². The summed E-state index contributed by atoms with van der Waals surface area (Å²) in [5.74, 6) is -0.0258. The minimum absolute atomic E-state index is 0.0258. The van der Waals surface area contributed by atoms with Gasteiger partial charge in [-0.05, 0) is 32.8 Å². The van der Waals surface area contributed by atoms with Gasteiger partial charge in [0.1, 0.15) is 0 Å². The maximum Gasteiger partial charge on any atom is 0.252 e. The third-order valence-electron chi connectivity index (χ3n) is 2.59. The van der Waals surface area contributed by atoms with Crippen molar-refractivity contribution in [1.29, 1.82) is 0 Å². The van der Waals surface area contributed by atoms with Gasteiger partial charge < -0.3 is 10.4 Å². The first-order valence-electron chi connectivity index (χ1n) is 5.57. The second kappa shape index (κ2) is 6.01. The third-order valence-corrected chi connectivity index (χ3v) is 3.56. The van der Waals surface area contributed by atoms with Gasteiger partial charge in [0.2, 0.25) is 0 Å². The molecule has 1 amide bonds. The summed E-state index contributed by atoms with van der Waals surface area (Å²) in [6, 6.07) is 1.98. The van der Waals surface area contributed by atoms with Crippen molar-refractivity contribution in [2.45, 2.75) is 39.7 Å². The number of hydrogen-bond donors (Lipinski definition) is 2. The zero-order valence-corrected chi connectivity index (χ0v) is 10.9. The van der Waals surface area contributed by atoms with Crippen molar-refractivity contribution in [1.82, 2.24) is 5.32 Å². The van der Waals surface area contributed by atoms with E-state index < -0.39 is 0 Å². The van der Waals surface area contributed by atoms with Gasteiger partial charge in [0.05, 0.1) is 5.56 Å². The van der Waals surface area contributed by atoms with Gasteiger partial charge in [-0.2, -0.15) is 0 Å². The van der Waals surface area contributed by atoms with E-state index in [0.29, 0.717) is 6.42 Å². The fourth-order valence-electron chi connectivity index (χ4n) is 1.65. The molecule has 1 heterocycles. The second-order valence-electron chi connectivity index (χ2n) is 3.92. The number of hydrogen-bond acceptors (Lipinski definition) is 3. The van der Waals surface area contributed by atoms with Crippen molar-refractivity contribution in [2.75, 3.05) is 6.61 Å². The fourth-order valence-corrected chi connectivity index (χ4v) is 2.57. The van der Waals surface area contributed by atoms with Crippen LogP contribution in [0, 0.1) is 13.8 Å². The van der Waals surface area contributed by atoms with Crippen LogP contribution >= 0.6 is 11.3 Å². The lowest BCUT2D eigenvalue weighted by molar-refractivity contribution is 0.0929. The maximum atomic E-state index is 11.9. The number of aryl methyl sites for hydroxylation is 2. The van der Waals surface area contributed by atoms with Gasteiger partial charge in [0.25, 0.3) is 5.91 Å². The van der Waals surface area contributed by atoms with Crippen LogP contribution in [-0.4, -0.2) is 23.7 Å². The highest BCUT2D eigenvalue weighted by atomic mass is 32.1. The predicted molar refractivity (Wildman–Crippen MR) is 67.0 cm³/mol. The highest BCUT2D eigenvalue weighted by Crippen LogP contribution is 2.20. The number of thiophene rings is 1. The van der Waals surface area contributed by atoms with Crippen LogP contribution in [-0.2, 0) is 0 Å². The minimum atomic E-state index is -0.0258. The Bertz CT molecular complexity index is 360. The van der Waals surface area contributed by atoms with E-state index in [2.05, 4.69) is 5.32 Å². The number of nitrogens with one attached hydrogen (secondary N) is 1. The molecule has 1 aromatic heterocycles. The molecule has 0 aliphatic heterocycles. The summed E-state index contributed by atoms with van der Waals surface area (Å²) in [7, 11) is 0. The molecule has 0 saturated carbocycles. The normalized spacial score (nSPS) is 12.5. The van der Waals surface area contributed by atoms with Crippen LogP contribution < -0.4 is 5.32 Å². The molecule has 0 bridgehead atoms. The molecule has 0 aromatic carbocycles. The Kier molecular flexibility index (Phi) is 4.96. The Balaban J connectivity index is 2.67. The van der Waals surface area contributed by atoms with Crippen molar-refractivity contribution in [3.63, 3.8) is 0 Å². The van der Waals surface area contributed by atoms with Gasteiger partial charge in [0, 0.05) is 22.4 Å². The molecule has 1 unspecified atom stereocenters. The topological polar surface area (TPSA) is 49.3 Å². The summed E-state index contributed by atoms with van der Waals surface area (Å²) in [6.07, 6.45) is 1.46. The van der Waals surface area contributed by atoms with E-state index in [1.165, 1.54) is 0 Å². The van der Waals surface area contributed by atoms with Crippen molar-refractivity contribution in [2.24, 2.45) is 0 Å². The van der Waals surface area contributed by atoms with Crippen LogP contribution in [0.15, 0.2) is 6.07 Å². The molecule has 1 aromatic rings. The van der Waals surface area contributed by atoms with Crippen molar-refractivity contribution >= 4 is 17.2 Å². The Morgan fingerprint density at radius 1 is 1.56 bits per heavy atom. The molecule has 0 aliphatic carbocycles. The Morgan fingerprint density at radius 2 is 2.25 bits per heavy atom. The number of aliphatic hydroxyl groups excluding tert-OH is 1. The molecule has 2 N–H and O–H groups in total. The number of carbonyl (C=O) groups is 1. The first kappa shape index (κ1) is 13.2. The summed E-state index contributed by atoms with van der Waals surface area (Å²) in [5.41, 5.74) is 0.763. The molecule has 16 heavy (non-hydrogen) atoms. The molecule has 0 saturated heterocycles. The number of amides is 1.